The van der Waals surface area contributed by atoms with E-state index in [2.05, 4.69) is 5.32 Å². The van der Waals surface area contributed by atoms with E-state index in [1.165, 1.54) is 0 Å². The van der Waals surface area contributed by atoms with Gasteiger partial charge in [-0.3, -0.25) is 4.79 Å². The topological polar surface area (TPSA) is 105 Å². The van der Waals surface area contributed by atoms with Crippen molar-refractivity contribution in [1.82, 2.24) is 5.32 Å². The number of sulfone groups is 1. The number of nitriles is 1. The van der Waals surface area contributed by atoms with Crippen molar-refractivity contribution in [2.24, 2.45) is 0 Å². The minimum Gasteiger partial charge on any atom is -0.353 e. The number of benzene rings is 1. The number of amides is 1. The van der Waals surface area contributed by atoms with Crippen LogP contribution in [0.3, 0.4) is 0 Å². The first-order valence-corrected chi connectivity index (χ1v) is 9.29. The molecular formula is C16H20N2O5S. The molecule has 0 saturated carbocycles. The normalized spacial score (nSPS) is 19.6. The largest absolute Gasteiger partial charge is 0.353 e. The average molecular weight is 352 g/mol. The molecule has 8 heteroatoms. The van der Waals surface area contributed by atoms with Crippen molar-refractivity contribution in [2.75, 3.05) is 18.9 Å². The summed E-state index contributed by atoms with van der Waals surface area (Å²) in [5.41, 5.74) is 0.992. The average Bonchev–Trinajstić information content (AvgIpc) is 2.84. The Kier molecular flexibility index (Phi) is 5.59. The van der Waals surface area contributed by atoms with E-state index in [9.17, 15) is 13.2 Å². The highest BCUT2D eigenvalue weighted by atomic mass is 32.2. The monoisotopic (exact) mass is 352 g/mol. The van der Waals surface area contributed by atoms with Crippen molar-refractivity contribution in [3.05, 3.63) is 35.4 Å². The summed E-state index contributed by atoms with van der Waals surface area (Å²) in [5.74, 6) is -2.10. The Balaban J connectivity index is 1.82. The summed E-state index contributed by atoms with van der Waals surface area (Å²) in [7, 11) is -3.59. The molecule has 1 aromatic rings. The molecule has 1 heterocycles. The van der Waals surface area contributed by atoms with E-state index in [0.29, 0.717) is 17.7 Å². The number of rotatable bonds is 6. The highest BCUT2D eigenvalue weighted by molar-refractivity contribution is 7.91. The van der Waals surface area contributed by atoms with Crippen molar-refractivity contribution in [1.29, 1.82) is 5.26 Å². The molecule has 0 aliphatic carbocycles. The lowest BCUT2D eigenvalue weighted by atomic mass is 10.2. The Morgan fingerprint density at radius 3 is 2.58 bits per heavy atom. The minimum absolute atomic E-state index is 0.203. The molecule has 1 saturated heterocycles. The fraction of sp³-hybridized carbons (Fsp3) is 0.500. The Labute approximate surface area is 141 Å². The molecule has 2 rings (SSSR count). The van der Waals surface area contributed by atoms with Gasteiger partial charge in [0.1, 0.15) is 11.9 Å². The smallest absolute Gasteiger partial charge is 0.235 e. The second-order valence-electron chi connectivity index (χ2n) is 6.10. The van der Waals surface area contributed by atoms with E-state index >= 15 is 0 Å². The van der Waals surface area contributed by atoms with Gasteiger partial charge in [0.2, 0.25) is 5.91 Å². The van der Waals surface area contributed by atoms with Crippen molar-refractivity contribution in [3.8, 4) is 6.07 Å². The van der Waals surface area contributed by atoms with Gasteiger partial charge >= 0.3 is 0 Å². The number of hydrogen-bond donors (Lipinski definition) is 1. The van der Waals surface area contributed by atoms with Crippen LogP contribution in [0.1, 0.15) is 25.0 Å². The van der Waals surface area contributed by atoms with Gasteiger partial charge in [-0.05, 0) is 31.5 Å². The van der Waals surface area contributed by atoms with E-state index in [-0.39, 0.29) is 18.4 Å². The van der Waals surface area contributed by atoms with Gasteiger partial charge < -0.3 is 14.8 Å². The zero-order valence-corrected chi connectivity index (χ0v) is 14.4. The molecule has 1 aromatic carbocycles. The van der Waals surface area contributed by atoms with Crippen molar-refractivity contribution in [2.45, 2.75) is 31.5 Å². The summed E-state index contributed by atoms with van der Waals surface area (Å²) in [6.45, 7) is 4.10. The van der Waals surface area contributed by atoms with E-state index in [4.69, 9.17) is 14.7 Å². The van der Waals surface area contributed by atoms with Crippen molar-refractivity contribution < 1.29 is 22.7 Å². The lowest BCUT2D eigenvalue weighted by molar-refractivity contribution is -0.139. The van der Waals surface area contributed by atoms with E-state index in [1.807, 2.05) is 6.07 Å². The first-order valence-electron chi connectivity index (χ1n) is 7.47. The lowest BCUT2D eigenvalue weighted by Gasteiger charge is -2.17. The molecule has 24 heavy (non-hydrogen) atoms. The van der Waals surface area contributed by atoms with Crippen LogP contribution in [0.15, 0.2) is 24.3 Å². The molecule has 0 bridgehead atoms. The van der Waals surface area contributed by atoms with Gasteiger partial charge in [0.25, 0.3) is 0 Å². The number of carbonyl (C=O) groups is 1. The second kappa shape index (κ2) is 7.30. The number of nitrogens with one attached hydrogen (secondary N) is 1. The molecule has 0 spiro atoms. The fourth-order valence-corrected chi connectivity index (χ4v) is 3.63. The molecular weight excluding hydrogens is 332 g/mol. The van der Waals surface area contributed by atoms with Crippen molar-refractivity contribution in [3.63, 3.8) is 0 Å². The van der Waals surface area contributed by atoms with Crippen LogP contribution in [0, 0.1) is 11.3 Å². The van der Waals surface area contributed by atoms with Crippen LogP contribution >= 0.6 is 0 Å². The van der Waals surface area contributed by atoms with Gasteiger partial charge in [-0.1, -0.05) is 12.1 Å². The van der Waals surface area contributed by atoms with Gasteiger partial charge in [-0.15, -0.1) is 0 Å². The Morgan fingerprint density at radius 2 is 2.04 bits per heavy atom. The van der Waals surface area contributed by atoms with E-state index < -0.39 is 27.3 Å². The van der Waals surface area contributed by atoms with Crippen LogP contribution < -0.4 is 5.32 Å². The molecule has 1 fully saturated rings. The first-order chi connectivity index (χ1) is 11.2. The van der Waals surface area contributed by atoms with Gasteiger partial charge in [-0.2, -0.15) is 5.26 Å². The fourth-order valence-electron chi connectivity index (χ4n) is 2.32. The molecule has 1 aliphatic rings. The lowest BCUT2D eigenvalue weighted by Crippen LogP contribution is -2.37. The van der Waals surface area contributed by atoms with Crippen LogP contribution in [-0.2, 0) is 29.9 Å². The number of hydrogen-bond acceptors (Lipinski definition) is 6. The Bertz CT molecular complexity index is 735. The number of nitrogens with zero attached hydrogens (tertiary/aromatic N) is 1. The molecule has 0 radical (unpaired) electrons. The minimum atomic E-state index is -3.59. The second-order valence-corrected chi connectivity index (χ2v) is 8.16. The zero-order chi connectivity index (χ0) is 17.8. The zero-order valence-electron chi connectivity index (χ0n) is 13.6. The summed E-state index contributed by atoms with van der Waals surface area (Å²) in [6.07, 6.45) is -0.287. The first kappa shape index (κ1) is 18.4. The van der Waals surface area contributed by atoms with Gasteiger partial charge in [0.05, 0.1) is 24.0 Å². The summed E-state index contributed by atoms with van der Waals surface area (Å²) >= 11 is 0. The van der Waals surface area contributed by atoms with Gasteiger partial charge in [0.15, 0.2) is 15.6 Å². The summed E-state index contributed by atoms with van der Waals surface area (Å²) in [6, 6.07) is 8.19. The van der Waals surface area contributed by atoms with Crippen molar-refractivity contribution >= 4 is 15.7 Å². The molecule has 130 valence electrons. The van der Waals surface area contributed by atoms with Crippen LogP contribution in [0.5, 0.6) is 0 Å². The molecule has 0 aromatic heterocycles. The third-order valence-corrected chi connectivity index (χ3v) is 4.89. The molecule has 7 nitrogen and oxygen atoms in total. The third kappa shape index (κ3) is 5.60. The predicted octanol–water partition coefficient (Wildman–Crippen LogP) is 0.741. The predicted molar refractivity (Wildman–Crippen MR) is 86.6 cm³/mol. The summed E-state index contributed by atoms with van der Waals surface area (Å²) in [5, 5.41) is 11.3. The Morgan fingerprint density at radius 1 is 1.38 bits per heavy atom. The third-order valence-electron chi connectivity index (χ3n) is 3.41. The van der Waals surface area contributed by atoms with Crippen LogP contribution in [0.2, 0.25) is 0 Å². The van der Waals surface area contributed by atoms with Gasteiger partial charge in [-0.25, -0.2) is 8.42 Å². The molecule has 1 unspecified atom stereocenters. The molecule has 1 amide bonds. The summed E-state index contributed by atoms with van der Waals surface area (Å²) in [4.78, 5) is 11.8. The maximum atomic E-state index is 12.1. The number of ether oxygens (including phenoxy) is 2. The number of carbonyl (C=O) groups excluding carboxylic acids is 1. The molecule has 1 atom stereocenters. The van der Waals surface area contributed by atoms with Gasteiger partial charge in [0, 0.05) is 6.54 Å². The highest BCUT2D eigenvalue weighted by Gasteiger charge is 2.32. The molecule has 1 N–H and O–H groups in total. The maximum absolute atomic E-state index is 12.1. The van der Waals surface area contributed by atoms with Crippen LogP contribution in [0.4, 0.5) is 0 Å². The SMILES string of the molecule is CC1(C)OCC(CNC(=O)CS(=O)(=O)Cc2ccc(C#N)cc2)O1. The standard InChI is InChI=1S/C16H20N2O5S/c1-16(2)22-9-14(23-16)8-18-15(19)11-24(20,21)10-13-5-3-12(7-17)4-6-13/h3-6,14H,8-11H2,1-2H3,(H,18,19). The summed E-state index contributed by atoms with van der Waals surface area (Å²) < 4.78 is 35.1. The Hall–Kier alpha value is -1.95. The van der Waals surface area contributed by atoms with Crippen LogP contribution in [0.25, 0.3) is 0 Å². The van der Waals surface area contributed by atoms with Crippen LogP contribution in [-0.4, -0.2) is 45.1 Å². The quantitative estimate of drug-likeness (QED) is 0.809. The van der Waals surface area contributed by atoms with E-state index in [0.717, 1.165) is 0 Å². The molecule has 1 aliphatic heterocycles. The maximum Gasteiger partial charge on any atom is 0.235 e. The van der Waals surface area contributed by atoms with E-state index in [1.54, 1.807) is 38.1 Å². The highest BCUT2D eigenvalue weighted by Crippen LogP contribution is 2.21.